The van der Waals surface area contributed by atoms with Crippen LogP contribution in [0.4, 0.5) is 5.82 Å². The molecular weight excluding hydrogens is 443 g/mol. The molecule has 29 heavy (non-hydrogen) atoms. The van der Waals surface area contributed by atoms with E-state index in [4.69, 9.17) is 49.0 Å². The quantitative estimate of drug-likeness (QED) is 0.529. The van der Waals surface area contributed by atoms with Gasteiger partial charge in [-0.25, -0.2) is 9.78 Å². The first-order valence-electron chi connectivity index (χ1n) is 8.47. The highest BCUT2D eigenvalue weighted by Crippen LogP contribution is 2.38. The predicted molar refractivity (Wildman–Crippen MR) is 110 cm³/mol. The maximum atomic E-state index is 11.9. The van der Waals surface area contributed by atoms with Gasteiger partial charge in [0.25, 0.3) is 5.91 Å². The van der Waals surface area contributed by atoms with Gasteiger partial charge in [0.15, 0.2) is 23.9 Å². The van der Waals surface area contributed by atoms with Gasteiger partial charge in [-0.15, -0.1) is 0 Å². The topological polar surface area (TPSA) is 86.8 Å². The summed E-state index contributed by atoms with van der Waals surface area (Å²) in [6.07, 6.45) is 4.76. The molecule has 0 atom stereocenters. The van der Waals surface area contributed by atoms with Crippen molar-refractivity contribution in [2.75, 3.05) is 25.1 Å². The standard InChI is InChI=1S/C19H15Cl3N2O5/c20-12-8-14(22)19(23-9-12)24-16(25)10-29-17(26)3-2-11-6-13(21)18-15(7-11)27-4-1-5-28-18/h2-3,6-9H,1,4-5,10H2,(H,23,24,25)/b3-2+. The molecule has 0 fully saturated rings. The summed E-state index contributed by atoms with van der Waals surface area (Å²) in [5.41, 5.74) is 0.623. The van der Waals surface area contributed by atoms with Crippen molar-refractivity contribution in [3.05, 3.63) is 51.1 Å². The van der Waals surface area contributed by atoms with Crippen molar-refractivity contribution in [2.45, 2.75) is 6.42 Å². The summed E-state index contributed by atoms with van der Waals surface area (Å²) in [7, 11) is 0. The average Bonchev–Trinajstić information content (AvgIpc) is 2.93. The third-order valence-corrected chi connectivity index (χ3v) is 4.42. The van der Waals surface area contributed by atoms with Crippen LogP contribution in [0.5, 0.6) is 11.5 Å². The zero-order valence-corrected chi connectivity index (χ0v) is 17.2. The van der Waals surface area contributed by atoms with E-state index in [-0.39, 0.29) is 10.8 Å². The lowest BCUT2D eigenvalue weighted by molar-refractivity contribution is -0.142. The number of aromatic nitrogens is 1. The average molecular weight is 458 g/mol. The fourth-order valence-corrected chi connectivity index (χ4v) is 3.07. The van der Waals surface area contributed by atoms with Crippen LogP contribution in [0.1, 0.15) is 12.0 Å². The molecule has 0 bridgehead atoms. The van der Waals surface area contributed by atoms with Crippen LogP contribution in [-0.4, -0.2) is 36.7 Å². The summed E-state index contributed by atoms with van der Waals surface area (Å²) in [6, 6.07) is 4.78. The fraction of sp³-hybridized carbons (Fsp3) is 0.211. The number of benzene rings is 1. The van der Waals surface area contributed by atoms with Gasteiger partial charge in [0, 0.05) is 18.7 Å². The summed E-state index contributed by atoms with van der Waals surface area (Å²) < 4.78 is 16.0. The van der Waals surface area contributed by atoms with Gasteiger partial charge >= 0.3 is 5.97 Å². The Balaban J connectivity index is 1.55. The monoisotopic (exact) mass is 456 g/mol. The molecule has 152 valence electrons. The van der Waals surface area contributed by atoms with Crippen LogP contribution in [0, 0.1) is 0 Å². The number of amides is 1. The molecule has 1 aliphatic heterocycles. The lowest BCUT2D eigenvalue weighted by Gasteiger charge is -2.10. The highest BCUT2D eigenvalue weighted by Gasteiger charge is 2.15. The predicted octanol–water partition coefficient (Wildman–Crippen LogP) is 4.40. The zero-order valence-electron chi connectivity index (χ0n) is 14.9. The van der Waals surface area contributed by atoms with E-state index in [0.29, 0.717) is 40.3 Å². The highest BCUT2D eigenvalue weighted by atomic mass is 35.5. The first kappa shape index (κ1) is 21.2. The van der Waals surface area contributed by atoms with E-state index >= 15 is 0 Å². The van der Waals surface area contributed by atoms with E-state index in [1.54, 1.807) is 12.1 Å². The van der Waals surface area contributed by atoms with E-state index in [1.807, 2.05) is 0 Å². The van der Waals surface area contributed by atoms with Crippen molar-refractivity contribution < 1.29 is 23.8 Å². The lowest BCUT2D eigenvalue weighted by Crippen LogP contribution is -2.20. The molecule has 1 amide bonds. The molecule has 0 saturated carbocycles. The largest absolute Gasteiger partial charge is 0.489 e. The Morgan fingerprint density at radius 3 is 2.72 bits per heavy atom. The maximum Gasteiger partial charge on any atom is 0.331 e. The Bertz CT molecular complexity index is 965. The number of halogens is 3. The molecule has 1 N–H and O–H groups in total. The van der Waals surface area contributed by atoms with E-state index < -0.39 is 18.5 Å². The number of fused-ring (bicyclic) bond motifs is 1. The smallest absolute Gasteiger partial charge is 0.331 e. The molecule has 0 unspecified atom stereocenters. The van der Waals surface area contributed by atoms with E-state index in [0.717, 1.165) is 6.42 Å². The van der Waals surface area contributed by atoms with Gasteiger partial charge in [0.05, 0.1) is 28.3 Å². The highest BCUT2D eigenvalue weighted by molar-refractivity contribution is 6.36. The van der Waals surface area contributed by atoms with Crippen LogP contribution in [-0.2, 0) is 14.3 Å². The van der Waals surface area contributed by atoms with Crippen molar-refractivity contribution in [3.8, 4) is 11.5 Å². The van der Waals surface area contributed by atoms with Crippen molar-refractivity contribution in [2.24, 2.45) is 0 Å². The molecular formula is C19H15Cl3N2O5. The van der Waals surface area contributed by atoms with Crippen LogP contribution in [0.15, 0.2) is 30.5 Å². The molecule has 3 rings (SSSR count). The third kappa shape index (κ3) is 6.00. The number of carbonyl (C=O) groups is 2. The summed E-state index contributed by atoms with van der Waals surface area (Å²) >= 11 is 17.9. The Kier molecular flexibility index (Phi) is 7.19. The van der Waals surface area contributed by atoms with Crippen molar-refractivity contribution in [3.63, 3.8) is 0 Å². The van der Waals surface area contributed by atoms with Crippen LogP contribution in [0.3, 0.4) is 0 Å². The molecule has 1 aliphatic rings. The molecule has 0 spiro atoms. The Morgan fingerprint density at radius 2 is 1.93 bits per heavy atom. The zero-order chi connectivity index (χ0) is 20.8. The van der Waals surface area contributed by atoms with Gasteiger partial charge in [-0.2, -0.15) is 0 Å². The molecule has 0 radical (unpaired) electrons. The van der Waals surface area contributed by atoms with E-state index in [2.05, 4.69) is 10.3 Å². The lowest BCUT2D eigenvalue weighted by atomic mass is 10.2. The first-order valence-corrected chi connectivity index (χ1v) is 9.60. The minimum atomic E-state index is -0.710. The number of rotatable bonds is 5. The number of nitrogens with zero attached hydrogens (tertiary/aromatic N) is 1. The number of anilines is 1. The van der Waals surface area contributed by atoms with Gasteiger partial charge in [0.1, 0.15) is 0 Å². The molecule has 1 aromatic carbocycles. The Labute approximate surface area is 181 Å². The maximum absolute atomic E-state index is 11.9. The molecule has 10 heteroatoms. The number of pyridine rings is 1. The normalized spacial score (nSPS) is 13.1. The molecule has 2 heterocycles. The summed E-state index contributed by atoms with van der Waals surface area (Å²) in [6.45, 7) is 0.527. The molecule has 1 aromatic heterocycles. The minimum absolute atomic E-state index is 0.120. The van der Waals surface area contributed by atoms with Gasteiger partial charge in [0.2, 0.25) is 0 Å². The van der Waals surface area contributed by atoms with Crippen LogP contribution in [0.2, 0.25) is 15.1 Å². The number of esters is 1. The Hall–Kier alpha value is -2.48. The van der Waals surface area contributed by atoms with Crippen molar-refractivity contribution in [1.82, 2.24) is 4.98 Å². The van der Waals surface area contributed by atoms with E-state index in [9.17, 15) is 9.59 Å². The Morgan fingerprint density at radius 1 is 1.14 bits per heavy atom. The number of ether oxygens (including phenoxy) is 3. The summed E-state index contributed by atoms with van der Waals surface area (Å²) in [4.78, 5) is 27.6. The van der Waals surface area contributed by atoms with Gasteiger partial charge < -0.3 is 19.5 Å². The SMILES string of the molecule is O=C(COC(=O)/C=C/c1cc(Cl)c2c(c1)OCCCO2)Nc1ncc(Cl)cc1Cl. The summed E-state index contributed by atoms with van der Waals surface area (Å²) in [5, 5.41) is 3.31. The van der Waals surface area contributed by atoms with E-state index in [1.165, 1.54) is 24.4 Å². The first-order chi connectivity index (χ1) is 13.9. The van der Waals surface area contributed by atoms with Gasteiger partial charge in [-0.1, -0.05) is 34.8 Å². The molecule has 0 saturated heterocycles. The van der Waals surface area contributed by atoms with Gasteiger partial charge in [-0.05, 0) is 29.8 Å². The van der Waals surface area contributed by atoms with Crippen LogP contribution < -0.4 is 14.8 Å². The van der Waals surface area contributed by atoms with Crippen LogP contribution >= 0.6 is 34.8 Å². The number of carbonyl (C=O) groups excluding carboxylic acids is 2. The number of hydrogen-bond donors (Lipinski definition) is 1. The second kappa shape index (κ2) is 9.82. The van der Waals surface area contributed by atoms with Crippen molar-refractivity contribution >= 4 is 58.6 Å². The number of hydrogen-bond acceptors (Lipinski definition) is 6. The second-order valence-electron chi connectivity index (χ2n) is 5.85. The van der Waals surface area contributed by atoms with Gasteiger partial charge in [-0.3, -0.25) is 4.79 Å². The third-order valence-electron chi connectivity index (χ3n) is 3.65. The second-order valence-corrected chi connectivity index (χ2v) is 7.10. The molecule has 2 aromatic rings. The summed E-state index contributed by atoms with van der Waals surface area (Å²) in [5.74, 6) is -0.195. The van der Waals surface area contributed by atoms with Crippen molar-refractivity contribution in [1.29, 1.82) is 0 Å². The molecule has 0 aliphatic carbocycles. The van der Waals surface area contributed by atoms with Crippen LogP contribution in [0.25, 0.3) is 6.08 Å². The minimum Gasteiger partial charge on any atom is -0.489 e. The fourth-order valence-electron chi connectivity index (χ4n) is 2.37. The number of nitrogens with one attached hydrogen (secondary N) is 1. The molecule has 7 nitrogen and oxygen atoms in total.